The van der Waals surface area contributed by atoms with E-state index in [9.17, 15) is 14.9 Å². The molecule has 0 saturated heterocycles. The number of aromatic nitrogens is 1. The lowest BCUT2D eigenvalue weighted by atomic mass is 10.1. The van der Waals surface area contributed by atoms with Gasteiger partial charge in [0.2, 0.25) is 0 Å². The third-order valence-electron chi connectivity index (χ3n) is 3.51. The summed E-state index contributed by atoms with van der Waals surface area (Å²) in [5.74, 6) is -0.357. The monoisotopic (exact) mass is 399 g/mol. The van der Waals surface area contributed by atoms with Crippen molar-refractivity contribution in [3.05, 3.63) is 46.0 Å². The molecule has 1 amide bonds. The zero-order chi connectivity index (χ0) is 20.5. The number of rotatable bonds is 8. The number of benzene rings is 1. The van der Waals surface area contributed by atoms with Crippen LogP contribution >= 0.6 is 11.3 Å². The van der Waals surface area contributed by atoms with Crippen molar-refractivity contribution >= 4 is 34.4 Å². The smallest absolute Gasteiger partial charge is 0.350 e. The number of anilines is 1. The molecule has 0 saturated carbocycles. The number of thiazole rings is 1. The fourth-order valence-corrected chi connectivity index (χ4v) is 3.05. The third kappa shape index (κ3) is 5.66. The van der Waals surface area contributed by atoms with Gasteiger partial charge in [-0.15, -0.1) is 0 Å². The van der Waals surface area contributed by atoms with Gasteiger partial charge in [-0.3, -0.25) is 10.1 Å². The number of hydrogen-bond acceptors (Lipinski definition) is 7. The quantitative estimate of drug-likeness (QED) is 0.409. The zero-order valence-electron chi connectivity index (χ0n) is 15.9. The number of nitriles is 1. The summed E-state index contributed by atoms with van der Waals surface area (Å²) >= 11 is 1.01. The molecule has 1 N–H and O–H groups in total. The highest BCUT2D eigenvalue weighted by atomic mass is 32.1. The number of amides is 1. The van der Waals surface area contributed by atoms with Crippen LogP contribution in [0.5, 0.6) is 5.75 Å². The number of hydrogen-bond donors (Lipinski definition) is 1. The molecule has 0 aliphatic heterocycles. The Balaban J connectivity index is 2.11. The van der Waals surface area contributed by atoms with Crippen molar-refractivity contribution < 1.29 is 19.1 Å². The molecule has 0 aliphatic carbocycles. The van der Waals surface area contributed by atoms with Crippen LogP contribution in [0.15, 0.2) is 29.8 Å². The molecule has 0 radical (unpaired) electrons. The molecule has 0 bridgehead atoms. The van der Waals surface area contributed by atoms with E-state index >= 15 is 0 Å². The van der Waals surface area contributed by atoms with Crippen molar-refractivity contribution in [1.82, 2.24) is 4.98 Å². The summed E-state index contributed by atoms with van der Waals surface area (Å²) in [7, 11) is 0. The number of nitrogens with one attached hydrogen (secondary N) is 1. The van der Waals surface area contributed by atoms with E-state index < -0.39 is 11.9 Å². The molecule has 2 rings (SSSR count). The van der Waals surface area contributed by atoms with Gasteiger partial charge in [0, 0.05) is 0 Å². The summed E-state index contributed by atoms with van der Waals surface area (Å²) in [5.41, 5.74) is 1.08. The van der Waals surface area contributed by atoms with Crippen molar-refractivity contribution in [3.63, 3.8) is 0 Å². The summed E-state index contributed by atoms with van der Waals surface area (Å²) in [4.78, 5) is 28.7. The first-order chi connectivity index (χ1) is 13.5. The lowest BCUT2D eigenvalue weighted by molar-refractivity contribution is -0.112. The average molecular weight is 399 g/mol. The SMILES string of the molecule is CCCOc1ccc(/C=C(\C#N)C(=O)Nc2nc(C)c(C(=O)OCC)s2)cc1. The van der Waals surface area contributed by atoms with Crippen LogP contribution in [-0.2, 0) is 9.53 Å². The van der Waals surface area contributed by atoms with Crippen LogP contribution < -0.4 is 10.1 Å². The topological polar surface area (TPSA) is 101 Å². The number of esters is 1. The van der Waals surface area contributed by atoms with Crippen LogP contribution in [0.25, 0.3) is 6.08 Å². The van der Waals surface area contributed by atoms with Crippen LogP contribution in [0.1, 0.15) is 41.2 Å². The third-order valence-corrected chi connectivity index (χ3v) is 4.56. The lowest BCUT2D eigenvalue weighted by Gasteiger charge is -2.04. The Labute approximate surface area is 167 Å². The Morgan fingerprint density at radius 3 is 2.61 bits per heavy atom. The highest BCUT2D eigenvalue weighted by molar-refractivity contribution is 7.17. The fraction of sp³-hybridized carbons (Fsp3) is 0.300. The molecular weight excluding hydrogens is 378 g/mol. The number of aryl methyl sites for hydroxylation is 1. The summed E-state index contributed by atoms with van der Waals surface area (Å²) < 4.78 is 10.5. The second-order valence-corrected chi connectivity index (χ2v) is 6.69. The predicted molar refractivity (Wildman–Crippen MR) is 107 cm³/mol. The largest absolute Gasteiger partial charge is 0.494 e. The molecule has 1 heterocycles. The Bertz CT molecular complexity index is 911. The van der Waals surface area contributed by atoms with Gasteiger partial charge >= 0.3 is 5.97 Å². The lowest BCUT2D eigenvalue weighted by Crippen LogP contribution is -2.13. The van der Waals surface area contributed by atoms with E-state index in [-0.39, 0.29) is 17.3 Å². The minimum absolute atomic E-state index is 0.0761. The molecule has 0 fully saturated rings. The molecule has 7 nitrogen and oxygen atoms in total. The van der Waals surface area contributed by atoms with Crippen LogP contribution in [0.4, 0.5) is 5.13 Å². The maximum absolute atomic E-state index is 12.4. The summed E-state index contributed by atoms with van der Waals surface area (Å²) in [5, 5.41) is 12.1. The highest BCUT2D eigenvalue weighted by Crippen LogP contribution is 2.24. The molecule has 8 heteroatoms. The minimum atomic E-state index is -0.599. The van der Waals surface area contributed by atoms with E-state index in [0.29, 0.717) is 22.7 Å². The van der Waals surface area contributed by atoms with Gasteiger partial charge in [-0.05, 0) is 44.0 Å². The first kappa shape index (κ1) is 21.1. The van der Waals surface area contributed by atoms with Gasteiger partial charge in [-0.25, -0.2) is 9.78 Å². The maximum Gasteiger partial charge on any atom is 0.350 e. The molecule has 0 aliphatic rings. The maximum atomic E-state index is 12.4. The molecule has 0 atom stereocenters. The number of carbonyl (C=O) groups excluding carboxylic acids is 2. The van der Waals surface area contributed by atoms with Gasteiger partial charge in [0.15, 0.2) is 5.13 Å². The van der Waals surface area contributed by atoms with Crippen molar-refractivity contribution in [3.8, 4) is 11.8 Å². The van der Waals surface area contributed by atoms with Crippen LogP contribution in [0, 0.1) is 18.3 Å². The first-order valence-corrected chi connectivity index (χ1v) is 9.60. The Kier molecular flexibility index (Phi) is 7.72. The van der Waals surface area contributed by atoms with E-state index in [1.54, 1.807) is 38.1 Å². The fourth-order valence-electron chi connectivity index (χ4n) is 2.20. The number of carbonyl (C=O) groups is 2. The predicted octanol–water partition coefficient (Wildman–Crippen LogP) is 3.96. The molecule has 28 heavy (non-hydrogen) atoms. The normalized spacial score (nSPS) is 10.9. The first-order valence-electron chi connectivity index (χ1n) is 8.79. The summed E-state index contributed by atoms with van der Waals surface area (Å²) in [6, 6.07) is 8.98. The van der Waals surface area contributed by atoms with Crippen molar-refractivity contribution in [2.45, 2.75) is 27.2 Å². The highest BCUT2D eigenvalue weighted by Gasteiger charge is 2.18. The Morgan fingerprint density at radius 2 is 2.00 bits per heavy atom. The average Bonchev–Trinajstić information content (AvgIpc) is 3.05. The van der Waals surface area contributed by atoms with Gasteiger partial charge in [0.1, 0.15) is 22.3 Å². The molecule has 2 aromatic rings. The number of ether oxygens (including phenoxy) is 2. The van der Waals surface area contributed by atoms with Crippen LogP contribution in [-0.4, -0.2) is 30.1 Å². The molecule has 1 aromatic heterocycles. The van der Waals surface area contributed by atoms with Gasteiger partial charge in [0.25, 0.3) is 5.91 Å². The van der Waals surface area contributed by atoms with E-state index in [1.807, 2.05) is 13.0 Å². The molecule has 0 unspecified atom stereocenters. The molecule has 0 spiro atoms. The van der Waals surface area contributed by atoms with Crippen LogP contribution in [0.2, 0.25) is 0 Å². The second-order valence-electron chi connectivity index (χ2n) is 5.70. The zero-order valence-corrected chi connectivity index (χ0v) is 16.8. The van der Waals surface area contributed by atoms with Crippen LogP contribution in [0.3, 0.4) is 0 Å². The van der Waals surface area contributed by atoms with Crippen molar-refractivity contribution in [2.24, 2.45) is 0 Å². The van der Waals surface area contributed by atoms with E-state index in [0.717, 1.165) is 23.5 Å². The van der Waals surface area contributed by atoms with Crippen molar-refractivity contribution in [2.75, 3.05) is 18.5 Å². The van der Waals surface area contributed by atoms with E-state index in [4.69, 9.17) is 9.47 Å². The van der Waals surface area contributed by atoms with E-state index in [2.05, 4.69) is 10.3 Å². The summed E-state index contributed by atoms with van der Waals surface area (Å²) in [6.45, 7) is 6.27. The Morgan fingerprint density at radius 1 is 1.29 bits per heavy atom. The summed E-state index contributed by atoms with van der Waals surface area (Å²) in [6.07, 6.45) is 2.39. The van der Waals surface area contributed by atoms with Gasteiger partial charge in [-0.2, -0.15) is 5.26 Å². The number of nitrogens with zero attached hydrogens (tertiary/aromatic N) is 2. The second kappa shape index (κ2) is 10.2. The molecule has 1 aromatic carbocycles. The standard InChI is InChI=1S/C20H21N3O4S/c1-4-10-27-16-8-6-14(7-9-16)11-15(12-21)18(24)23-20-22-13(3)17(28-20)19(25)26-5-2/h6-9,11H,4-5,10H2,1-3H3,(H,22,23,24)/b15-11+. The van der Waals surface area contributed by atoms with Gasteiger partial charge in [0.05, 0.1) is 18.9 Å². The van der Waals surface area contributed by atoms with Gasteiger partial charge in [-0.1, -0.05) is 30.4 Å². The van der Waals surface area contributed by atoms with Gasteiger partial charge < -0.3 is 9.47 Å². The van der Waals surface area contributed by atoms with Crippen molar-refractivity contribution in [1.29, 1.82) is 5.26 Å². The Hall–Kier alpha value is -3.18. The molecular formula is C20H21N3O4S. The molecule has 146 valence electrons. The van der Waals surface area contributed by atoms with E-state index in [1.165, 1.54) is 6.08 Å². The minimum Gasteiger partial charge on any atom is -0.494 e.